The molecule has 2 aliphatic rings. The highest BCUT2D eigenvalue weighted by Gasteiger charge is 2.49. The number of amides is 2. The Labute approximate surface area is 114 Å². The maximum atomic E-state index is 11.5. The molecule has 2 aliphatic heterocycles. The highest BCUT2D eigenvalue weighted by molar-refractivity contribution is 5.87. The fourth-order valence-corrected chi connectivity index (χ4v) is 2.19. The van der Waals surface area contributed by atoms with Crippen LogP contribution in [0.1, 0.15) is 13.3 Å². The zero-order valence-corrected chi connectivity index (χ0v) is 10.9. The number of nitrogens with two attached hydrogens (primary N) is 1. The summed E-state index contributed by atoms with van der Waals surface area (Å²) in [6.45, 7) is 1.51. The summed E-state index contributed by atoms with van der Waals surface area (Å²) >= 11 is 0. The van der Waals surface area contributed by atoms with E-state index in [0.717, 1.165) is 0 Å². The largest absolute Gasteiger partial charge is 0.480 e. The Kier molecular flexibility index (Phi) is 3.93. The molecule has 0 spiro atoms. The summed E-state index contributed by atoms with van der Waals surface area (Å²) in [5, 5.41) is 21.3. The second-order valence-corrected chi connectivity index (χ2v) is 4.98. The van der Waals surface area contributed by atoms with Crippen molar-refractivity contribution < 1.29 is 29.3 Å². The van der Waals surface area contributed by atoms with Gasteiger partial charge >= 0.3 is 5.97 Å². The van der Waals surface area contributed by atoms with E-state index >= 15 is 0 Å². The topological polar surface area (TPSA) is 142 Å². The first-order chi connectivity index (χ1) is 9.31. The van der Waals surface area contributed by atoms with E-state index in [1.54, 1.807) is 0 Å². The number of fused-ring (bicyclic) bond motifs is 1. The van der Waals surface area contributed by atoms with Gasteiger partial charge in [-0.2, -0.15) is 0 Å². The van der Waals surface area contributed by atoms with Crippen LogP contribution in [0.3, 0.4) is 0 Å². The average Bonchev–Trinajstić information content (AvgIpc) is 2.71. The van der Waals surface area contributed by atoms with Gasteiger partial charge in [0.05, 0.1) is 19.0 Å². The van der Waals surface area contributed by atoms with Gasteiger partial charge in [0.15, 0.2) is 6.04 Å². The van der Waals surface area contributed by atoms with E-state index in [1.807, 2.05) is 0 Å². The number of hydrogen-bond donors (Lipinski definition) is 4. The van der Waals surface area contributed by atoms with E-state index in [2.05, 4.69) is 5.32 Å². The Morgan fingerprint density at radius 2 is 2.20 bits per heavy atom. The molecule has 112 valence electrons. The second-order valence-electron chi connectivity index (χ2n) is 4.98. The molecule has 2 saturated heterocycles. The van der Waals surface area contributed by atoms with Crippen LogP contribution >= 0.6 is 0 Å². The van der Waals surface area contributed by atoms with Crippen LogP contribution in [0.25, 0.3) is 0 Å². The number of carbonyl (C=O) groups excluding carboxylic acids is 2. The van der Waals surface area contributed by atoms with Gasteiger partial charge in [0, 0.05) is 0 Å². The first kappa shape index (κ1) is 14.7. The Morgan fingerprint density at radius 1 is 1.55 bits per heavy atom. The monoisotopic (exact) mass is 287 g/mol. The molecule has 0 bridgehead atoms. The van der Waals surface area contributed by atoms with Crippen molar-refractivity contribution in [3.8, 4) is 0 Å². The Hall–Kier alpha value is -1.71. The van der Waals surface area contributed by atoms with Crippen LogP contribution in [-0.2, 0) is 19.1 Å². The Bertz CT molecular complexity index is 440. The summed E-state index contributed by atoms with van der Waals surface area (Å²) in [6, 6.07) is -2.43. The van der Waals surface area contributed by atoms with E-state index in [1.165, 1.54) is 11.8 Å². The van der Waals surface area contributed by atoms with Crippen LogP contribution in [0.4, 0.5) is 0 Å². The molecule has 5 N–H and O–H groups in total. The fourth-order valence-electron chi connectivity index (χ4n) is 2.19. The minimum Gasteiger partial charge on any atom is -0.480 e. The maximum Gasteiger partial charge on any atom is 0.329 e. The number of ether oxygens (including phenoxy) is 1. The number of rotatable bonds is 5. The normalized spacial score (nSPS) is 29.1. The summed E-state index contributed by atoms with van der Waals surface area (Å²) < 4.78 is 5.37. The molecule has 1 unspecified atom stereocenters. The molecule has 9 nitrogen and oxygen atoms in total. The summed E-state index contributed by atoms with van der Waals surface area (Å²) in [4.78, 5) is 35.2. The van der Waals surface area contributed by atoms with Crippen LogP contribution in [0.2, 0.25) is 0 Å². The fraction of sp³-hybridized carbons (Fsp3) is 0.727. The first-order valence-corrected chi connectivity index (χ1v) is 6.23. The second kappa shape index (κ2) is 5.35. The van der Waals surface area contributed by atoms with Gasteiger partial charge in [0.2, 0.25) is 11.8 Å². The van der Waals surface area contributed by atoms with Gasteiger partial charge in [-0.1, -0.05) is 0 Å². The number of carbonyl (C=O) groups is 3. The number of hydrogen-bond acceptors (Lipinski definition) is 6. The van der Waals surface area contributed by atoms with Crippen molar-refractivity contribution in [3.05, 3.63) is 0 Å². The lowest BCUT2D eigenvalue weighted by molar-refractivity contribution is -0.161. The SMILES string of the molecule is C[C@H](N)C(=O)N[C@H](C(=O)O)C(O)[C@H]1CN2C(=O)C[C@@H]2O1. The predicted octanol–water partition coefficient (Wildman–Crippen LogP) is -2.78. The van der Waals surface area contributed by atoms with E-state index < -0.39 is 42.4 Å². The molecule has 2 fully saturated rings. The molecular formula is C11H17N3O6. The van der Waals surface area contributed by atoms with E-state index in [0.29, 0.717) is 0 Å². The summed E-state index contributed by atoms with van der Waals surface area (Å²) in [5.74, 6) is -2.18. The molecule has 0 radical (unpaired) electrons. The van der Waals surface area contributed by atoms with Crippen LogP contribution in [0.5, 0.6) is 0 Å². The number of aliphatic hydroxyl groups is 1. The van der Waals surface area contributed by atoms with E-state index in [9.17, 15) is 19.5 Å². The lowest BCUT2D eigenvalue weighted by Crippen LogP contribution is -2.56. The van der Waals surface area contributed by atoms with Crippen molar-refractivity contribution in [3.63, 3.8) is 0 Å². The van der Waals surface area contributed by atoms with Gasteiger partial charge in [-0.05, 0) is 6.92 Å². The lowest BCUT2D eigenvalue weighted by Gasteiger charge is -2.31. The number of nitrogens with zero attached hydrogens (tertiary/aromatic N) is 1. The van der Waals surface area contributed by atoms with Crippen molar-refractivity contribution >= 4 is 17.8 Å². The lowest BCUT2D eigenvalue weighted by atomic mass is 10.0. The highest BCUT2D eigenvalue weighted by atomic mass is 16.5. The van der Waals surface area contributed by atoms with Gasteiger partial charge in [-0.15, -0.1) is 0 Å². The molecule has 2 amide bonds. The summed E-state index contributed by atoms with van der Waals surface area (Å²) in [7, 11) is 0. The number of carboxylic acid groups (broad SMARTS) is 1. The van der Waals surface area contributed by atoms with Crippen LogP contribution in [0, 0.1) is 0 Å². The molecule has 9 heteroatoms. The molecule has 20 heavy (non-hydrogen) atoms. The van der Waals surface area contributed by atoms with Crippen molar-refractivity contribution in [1.29, 1.82) is 0 Å². The average molecular weight is 287 g/mol. The summed E-state index contributed by atoms with van der Waals surface area (Å²) in [5.41, 5.74) is 5.34. The first-order valence-electron chi connectivity index (χ1n) is 6.23. The zero-order chi connectivity index (χ0) is 15.0. The van der Waals surface area contributed by atoms with E-state index in [4.69, 9.17) is 15.6 Å². The number of carboxylic acids is 1. The smallest absolute Gasteiger partial charge is 0.329 e. The van der Waals surface area contributed by atoms with Crippen molar-refractivity contribution in [2.24, 2.45) is 5.73 Å². The molecule has 0 saturated carbocycles. The third-order valence-corrected chi connectivity index (χ3v) is 3.43. The molecular weight excluding hydrogens is 270 g/mol. The zero-order valence-electron chi connectivity index (χ0n) is 10.9. The van der Waals surface area contributed by atoms with Crippen molar-refractivity contribution in [2.75, 3.05) is 6.54 Å². The molecule has 0 aliphatic carbocycles. The minimum atomic E-state index is -1.53. The standard InChI is InChI=1S/C11H17N3O6/c1-4(12)10(17)13-8(11(18)19)9(16)5-3-14-6(15)2-7(14)20-5/h4-5,7-9,16H,2-3,12H2,1H3,(H,13,17)(H,18,19)/t4-,5+,7-,8-,9?/m0/s1. The minimum absolute atomic E-state index is 0.101. The number of nitrogens with one attached hydrogen (secondary N) is 1. The Morgan fingerprint density at radius 3 is 2.65 bits per heavy atom. The van der Waals surface area contributed by atoms with Crippen LogP contribution in [0.15, 0.2) is 0 Å². The highest BCUT2D eigenvalue weighted by Crippen LogP contribution is 2.30. The van der Waals surface area contributed by atoms with Crippen LogP contribution < -0.4 is 11.1 Å². The van der Waals surface area contributed by atoms with E-state index in [-0.39, 0.29) is 18.9 Å². The third kappa shape index (κ3) is 2.60. The van der Waals surface area contributed by atoms with Gasteiger partial charge in [0.25, 0.3) is 0 Å². The third-order valence-electron chi connectivity index (χ3n) is 3.43. The van der Waals surface area contributed by atoms with Crippen LogP contribution in [-0.4, -0.2) is 70.0 Å². The predicted molar refractivity (Wildman–Crippen MR) is 64.2 cm³/mol. The Balaban J connectivity index is 2.00. The quantitative estimate of drug-likeness (QED) is 0.401. The van der Waals surface area contributed by atoms with Gasteiger partial charge < -0.3 is 30.9 Å². The molecule has 0 aromatic carbocycles. The number of aliphatic hydroxyl groups excluding tert-OH is 1. The maximum absolute atomic E-state index is 11.5. The molecule has 0 aromatic heterocycles. The van der Waals surface area contributed by atoms with Gasteiger partial charge in [-0.3, -0.25) is 9.59 Å². The van der Waals surface area contributed by atoms with Gasteiger partial charge in [0.1, 0.15) is 18.4 Å². The molecule has 2 heterocycles. The number of aliphatic carboxylic acids is 1. The number of β-lactam (4-membered cyclic amide) rings is 1. The van der Waals surface area contributed by atoms with Gasteiger partial charge in [-0.25, -0.2) is 4.79 Å². The summed E-state index contributed by atoms with van der Waals surface area (Å²) in [6.07, 6.45) is -2.48. The molecule has 5 atom stereocenters. The molecule has 0 aromatic rings. The van der Waals surface area contributed by atoms with Crippen molar-refractivity contribution in [2.45, 2.75) is 43.9 Å². The van der Waals surface area contributed by atoms with Crippen molar-refractivity contribution in [1.82, 2.24) is 10.2 Å². The molecule has 2 rings (SSSR count).